The highest BCUT2D eigenvalue weighted by molar-refractivity contribution is 7.98. The molecule has 3 heteroatoms. The highest BCUT2D eigenvalue weighted by Crippen LogP contribution is 2.24. The number of hydrogen-bond acceptors (Lipinski definition) is 3. The van der Waals surface area contributed by atoms with E-state index in [9.17, 15) is 0 Å². The maximum atomic E-state index is 4.44. The number of aryl methyl sites for hydroxylation is 2. The SMILES string of the molecule is CC.CC.Cc1nc(C)c2c(n1)CSCC2. The van der Waals surface area contributed by atoms with Gasteiger partial charge in [0, 0.05) is 11.4 Å². The molecule has 16 heavy (non-hydrogen) atoms. The van der Waals surface area contributed by atoms with Crippen LogP contribution >= 0.6 is 11.8 Å². The lowest BCUT2D eigenvalue weighted by molar-refractivity contribution is 0.896. The smallest absolute Gasteiger partial charge is 0.125 e. The van der Waals surface area contributed by atoms with Gasteiger partial charge in [-0.1, -0.05) is 27.7 Å². The Bertz CT molecular complexity index is 311. The van der Waals surface area contributed by atoms with Crippen molar-refractivity contribution in [2.24, 2.45) is 0 Å². The monoisotopic (exact) mass is 240 g/mol. The second-order valence-corrected chi connectivity index (χ2v) is 4.19. The van der Waals surface area contributed by atoms with Gasteiger partial charge in [0.05, 0.1) is 5.69 Å². The van der Waals surface area contributed by atoms with E-state index in [-0.39, 0.29) is 0 Å². The molecule has 1 aliphatic rings. The van der Waals surface area contributed by atoms with E-state index in [4.69, 9.17) is 0 Å². The van der Waals surface area contributed by atoms with Crippen molar-refractivity contribution in [3.8, 4) is 0 Å². The van der Waals surface area contributed by atoms with Crippen molar-refractivity contribution >= 4 is 11.8 Å². The highest BCUT2D eigenvalue weighted by atomic mass is 32.2. The van der Waals surface area contributed by atoms with E-state index in [0.717, 1.165) is 18.0 Å². The Hall–Kier alpha value is -0.570. The molecule has 0 radical (unpaired) electrons. The van der Waals surface area contributed by atoms with Crippen molar-refractivity contribution in [3.05, 3.63) is 22.8 Å². The van der Waals surface area contributed by atoms with Crippen molar-refractivity contribution < 1.29 is 0 Å². The van der Waals surface area contributed by atoms with Gasteiger partial charge in [-0.05, 0) is 31.6 Å². The lowest BCUT2D eigenvalue weighted by Gasteiger charge is -2.16. The summed E-state index contributed by atoms with van der Waals surface area (Å²) >= 11 is 1.96. The molecule has 0 fully saturated rings. The van der Waals surface area contributed by atoms with Crippen LogP contribution < -0.4 is 0 Å². The number of rotatable bonds is 0. The first-order chi connectivity index (χ1) is 7.77. The molecule has 2 rings (SSSR count). The summed E-state index contributed by atoms with van der Waals surface area (Å²) in [6, 6.07) is 0. The van der Waals surface area contributed by atoms with Gasteiger partial charge in [-0.2, -0.15) is 11.8 Å². The first-order valence-electron chi connectivity index (χ1n) is 6.18. The van der Waals surface area contributed by atoms with Gasteiger partial charge in [0.2, 0.25) is 0 Å². The topological polar surface area (TPSA) is 25.8 Å². The zero-order valence-corrected chi connectivity index (χ0v) is 12.2. The first kappa shape index (κ1) is 15.4. The van der Waals surface area contributed by atoms with Crippen molar-refractivity contribution in [3.63, 3.8) is 0 Å². The third-order valence-corrected chi connectivity index (χ3v) is 3.12. The molecule has 0 aliphatic carbocycles. The summed E-state index contributed by atoms with van der Waals surface area (Å²) in [5, 5.41) is 0. The largest absolute Gasteiger partial charge is 0.238 e. The normalized spacial score (nSPS) is 12.6. The molecule has 2 nitrogen and oxygen atoms in total. The van der Waals surface area contributed by atoms with E-state index in [1.807, 2.05) is 46.4 Å². The summed E-state index contributed by atoms with van der Waals surface area (Å²) in [7, 11) is 0. The summed E-state index contributed by atoms with van der Waals surface area (Å²) in [5.74, 6) is 3.20. The number of fused-ring (bicyclic) bond motifs is 1. The third-order valence-electron chi connectivity index (χ3n) is 2.15. The number of thioether (sulfide) groups is 1. The van der Waals surface area contributed by atoms with Gasteiger partial charge in [-0.25, -0.2) is 9.97 Å². The molecule has 0 amide bonds. The zero-order valence-electron chi connectivity index (χ0n) is 11.4. The molecule has 0 atom stereocenters. The minimum atomic E-state index is 0.911. The first-order valence-corrected chi connectivity index (χ1v) is 7.33. The Balaban J connectivity index is 0.000000509. The molecule has 0 saturated carbocycles. The molecule has 0 unspecified atom stereocenters. The molecule has 0 spiro atoms. The van der Waals surface area contributed by atoms with Crippen LogP contribution in [0.1, 0.15) is 50.5 Å². The molecule has 0 N–H and O–H groups in total. The molecule has 1 aliphatic heterocycles. The predicted molar refractivity (Wildman–Crippen MR) is 74.1 cm³/mol. The fourth-order valence-electron chi connectivity index (χ4n) is 1.59. The molecule has 0 aromatic carbocycles. The number of nitrogens with zero attached hydrogens (tertiary/aromatic N) is 2. The van der Waals surface area contributed by atoms with Crippen LogP contribution in [0.4, 0.5) is 0 Å². The van der Waals surface area contributed by atoms with Crippen LogP contribution in [0, 0.1) is 13.8 Å². The van der Waals surface area contributed by atoms with Crippen molar-refractivity contribution in [2.45, 2.75) is 53.7 Å². The van der Waals surface area contributed by atoms with Crippen LogP contribution in [0.5, 0.6) is 0 Å². The molecule has 92 valence electrons. The van der Waals surface area contributed by atoms with Gasteiger partial charge in [-0.3, -0.25) is 0 Å². The van der Waals surface area contributed by atoms with Gasteiger partial charge in [-0.15, -0.1) is 0 Å². The van der Waals surface area contributed by atoms with Gasteiger partial charge in [0.15, 0.2) is 0 Å². The van der Waals surface area contributed by atoms with Crippen LogP contribution in [-0.2, 0) is 12.2 Å². The van der Waals surface area contributed by atoms with Crippen LogP contribution in [0.2, 0.25) is 0 Å². The zero-order chi connectivity index (χ0) is 12.6. The summed E-state index contributed by atoms with van der Waals surface area (Å²) in [4.78, 5) is 8.81. The summed E-state index contributed by atoms with van der Waals surface area (Å²) in [5.41, 5.74) is 3.83. The quantitative estimate of drug-likeness (QED) is 0.687. The highest BCUT2D eigenvalue weighted by Gasteiger charge is 2.13. The standard InChI is InChI=1S/C9H12N2S.2C2H6/c1-6-8-3-4-12-5-9(8)11-7(2)10-6;2*1-2/h3-5H2,1-2H3;2*1-2H3. The van der Waals surface area contributed by atoms with Gasteiger partial charge < -0.3 is 0 Å². The Kier molecular flexibility index (Phi) is 8.26. The Labute approximate surface area is 104 Å². The summed E-state index contributed by atoms with van der Waals surface area (Å²) in [6.07, 6.45) is 1.14. The van der Waals surface area contributed by atoms with Crippen LogP contribution in [-0.4, -0.2) is 15.7 Å². The van der Waals surface area contributed by atoms with Gasteiger partial charge >= 0.3 is 0 Å². The second-order valence-electron chi connectivity index (χ2n) is 3.08. The molecule has 1 aromatic heterocycles. The third kappa shape index (κ3) is 4.12. The summed E-state index contributed by atoms with van der Waals surface area (Å²) in [6.45, 7) is 12.1. The predicted octanol–water partition coefficient (Wildman–Crippen LogP) is 3.94. The average Bonchev–Trinajstić information content (AvgIpc) is 2.34. The van der Waals surface area contributed by atoms with E-state index in [0.29, 0.717) is 0 Å². The minimum Gasteiger partial charge on any atom is -0.238 e. The Morgan fingerprint density at radius 2 is 1.62 bits per heavy atom. The molecule has 0 saturated heterocycles. The maximum absolute atomic E-state index is 4.44. The lowest BCUT2D eigenvalue weighted by atomic mass is 10.1. The van der Waals surface area contributed by atoms with Crippen molar-refractivity contribution in [1.82, 2.24) is 9.97 Å². The molecular formula is C13H24N2S. The van der Waals surface area contributed by atoms with E-state index < -0.39 is 0 Å². The van der Waals surface area contributed by atoms with Gasteiger partial charge in [0.1, 0.15) is 5.82 Å². The minimum absolute atomic E-state index is 0.911. The average molecular weight is 240 g/mol. The van der Waals surface area contributed by atoms with Crippen LogP contribution in [0.3, 0.4) is 0 Å². The molecule has 0 bridgehead atoms. The fraction of sp³-hybridized carbons (Fsp3) is 0.692. The molecule has 1 aromatic rings. The number of aromatic nitrogens is 2. The van der Waals surface area contributed by atoms with E-state index in [1.54, 1.807) is 0 Å². The van der Waals surface area contributed by atoms with Gasteiger partial charge in [0.25, 0.3) is 0 Å². The molecule has 2 heterocycles. The van der Waals surface area contributed by atoms with Crippen LogP contribution in [0.25, 0.3) is 0 Å². The second kappa shape index (κ2) is 8.57. The summed E-state index contributed by atoms with van der Waals surface area (Å²) < 4.78 is 0. The van der Waals surface area contributed by atoms with Crippen molar-refractivity contribution in [1.29, 1.82) is 0 Å². The van der Waals surface area contributed by atoms with Crippen LogP contribution in [0.15, 0.2) is 0 Å². The van der Waals surface area contributed by atoms with E-state index in [1.165, 1.54) is 22.7 Å². The van der Waals surface area contributed by atoms with E-state index in [2.05, 4.69) is 16.9 Å². The van der Waals surface area contributed by atoms with Crippen molar-refractivity contribution in [2.75, 3.05) is 5.75 Å². The maximum Gasteiger partial charge on any atom is 0.125 e. The van der Waals surface area contributed by atoms with E-state index >= 15 is 0 Å². The molecular weight excluding hydrogens is 216 g/mol. The fourth-order valence-corrected chi connectivity index (χ4v) is 2.52. The lowest BCUT2D eigenvalue weighted by Crippen LogP contribution is -2.10. The Morgan fingerprint density at radius 1 is 1.00 bits per heavy atom. The number of hydrogen-bond donors (Lipinski definition) is 0. The Morgan fingerprint density at radius 3 is 2.25 bits per heavy atom.